The molecule has 4 atom stereocenters. The second-order valence-electron chi connectivity index (χ2n) is 15.7. The molecule has 17 heteroatoms. The summed E-state index contributed by atoms with van der Waals surface area (Å²) in [6, 6.07) is 8.00. The van der Waals surface area contributed by atoms with E-state index in [-0.39, 0.29) is 30.6 Å². The van der Waals surface area contributed by atoms with E-state index in [1.165, 1.54) is 6.20 Å². The van der Waals surface area contributed by atoms with Crippen molar-refractivity contribution in [1.29, 1.82) is 10.5 Å². The monoisotopic (exact) mass is 808 g/mol. The number of piperidine rings is 2. The van der Waals surface area contributed by atoms with Gasteiger partial charge in [-0.1, -0.05) is 13.8 Å². The van der Waals surface area contributed by atoms with E-state index in [1.54, 1.807) is 37.2 Å². The molecule has 0 bridgehead atoms. The van der Waals surface area contributed by atoms with E-state index in [4.69, 9.17) is 19.8 Å². The van der Waals surface area contributed by atoms with Gasteiger partial charge in [-0.25, -0.2) is 19.6 Å². The van der Waals surface area contributed by atoms with Crippen molar-refractivity contribution in [2.24, 2.45) is 22.7 Å². The van der Waals surface area contributed by atoms with Crippen molar-refractivity contribution in [1.82, 2.24) is 30.2 Å². The molecule has 312 valence electrons. The number of ether oxygens (including phenoxy) is 2. The highest BCUT2D eigenvalue weighted by atomic mass is 16.5. The Bertz CT molecular complexity index is 2260. The highest BCUT2D eigenvalue weighted by Crippen LogP contribution is 2.47. The number of aliphatic carboxylic acids is 1. The third-order valence-corrected chi connectivity index (χ3v) is 11.6. The lowest BCUT2D eigenvalue weighted by Crippen LogP contribution is -2.51. The molecule has 2 saturated carbocycles. The molecule has 0 unspecified atom stereocenters. The van der Waals surface area contributed by atoms with Crippen LogP contribution in [0, 0.1) is 45.3 Å². The Morgan fingerprint density at radius 3 is 1.78 bits per heavy atom. The largest absolute Gasteiger partial charge is 0.480 e. The van der Waals surface area contributed by atoms with E-state index >= 15 is 0 Å². The van der Waals surface area contributed by atoms with Crippen LogP contribution in [-0.2, 0) is 19.1 Å². The van der Waals surface area contributed by atoms with Gasteiger partial charge < -0.3 is 45.4 Å². The van der Waals surface area contributed by atoms with E-state index in [0.29, 0.717) is 79.7 Å². The second kappa shape index (κ2) is 18.2. The van der Waals surface area contributed by atoms with Crippen LogP contribution in [0.2, 0.25) is 0 Å². The lowest BCUT2D eigenvalue weighted by atomic mass is 9.91. The first-order valence-electron chi connectivity index (χ1n) is 20.3. The molecule has 59 heavy (non-hydrogen) atoms. The predicted molar refractivity (Wildman–Crippen MR) is 218 cm³/mol. The Labute approximate surface area is 342 Å². The fourth-order valence-electron chi connectivity index (χ4n) is 7.35. The maximum absolute atomic E-state index is 12.8. The van der Waals surface area contributed by atoms with E-state index in [2.05, 4.69) is 55.8 Å². The highest BCUT2D eigenvalue weighted by Gasteiger charge is 2.53. The zero-order chi connectivity index (χ0) is 42.3. The number of hydrogen-bond acceptors (Lipinski definition) is 13. The third kappa shape index (κ3) is 9.26. The number of likely N-dealkylation sites (tertiary alicyclic amines) is 1. The number of carbonyl (C=O) groups excluding carboxylic acids is 3. The third-order valence-electron chi connectivity index (χ3n) is 11.6. The van der Waals surface area contributed by atoms with Crippen molar-refractivity contribution in [3.8, 4) is 12.1 Å². The minimum atomic E-state index is -0.986. The molecule has 6 N–H and O–H groups in total. The predicted octanol–water partition coefficient (Wildman–Crippen LogP) is 5.22. The number of pyridine rings is 2. The Hall–Kier alpha value is -6.20. The van der Waals surface area contributed by atoms with Gasteiger partial charge in [0.15, 0.2) is 5.41 Å². The van der Waals surface area contributed by atoms with Crippen LogP contribution in [0.3, 0.4) is 0 Å². The lowest BCUT2D eigenvalue weighted by molar-refractivity contribution is -0.141. The van der Waals surface area contributed by atoms with Gasteiger partial charge in [0.2, 0.25) is 5.91 Å². The second-order valence-corrected chi connectivity index (χ2v) is 15.7. The number of anilines is 2. The maximum Gasteiger partial charge on any atom is 0.341 e. The van der Waals surface area contributed by atoms with Crippen LogP contribution in [-0.4, -0.2) is 105 Å². The quantitative estimate of drug-likeness (QED) is 0.113. The summed E-state index contributed by atoms with van der Waals surface area (Å²) in [7, 11) is 0. The summed E-state index contributed by atoms with van der Waals surface area (Å²) in [5, 5.41) is 38.0. The van der Waals surface area contributed by atoms with Crippen LogP contribution in [0.15, 0.2) is 36.9 Å². The smallest absolute Gasteiger partial charge is 0.341 e. The zero-order valence-electron chi connectivity index (χ0n) is 33.9. The molecule has 4 aromatic rings. The Balaban J connectivity index is 0.000000171. The minimum Gasteiger partial charge on any atom is -0.480 e. The summed E-state index contributed by atoms with van der Waals surface area (Å²) >= 11 is 0. The van der Waals surface area contributed by atoms with Crippen LogP contribution in [0.1, 0.15) is 86.9 Å². The molecule has 4 fully saturated rings. The first-order chi connectivity index (χ1) is 28.4. The van der Waals surface area contributed by atoms with Gasteiger partial charge in [-0.2, -0.15) is 10.5 Å². The van der Waals surface area contributed by atoms with Crippen molar-refractivity contribution in [3.05, 3.63) is 48.0 Å². The van der Waals surface area contributed by atoms with Crippen LogP contribution in [0.4, 0.5) is 11.4 Å². The molecule has 4 aromatic heterocycles. The summed E-state index contributed by atoms with van der Waals surface area (Å²) in [6.45, 7) is 11.7. The van der Waals surface area contributed by atoms with Gasteiger partial charge in [0.1, 0.15) is 27.8 Å². The molecule has 0 aromatic carbocycles. The van der Waals surface area contributed by atoms with E-state index in [1.807, 2.05) is 18.3 Å². The number of aromatic nitrogens is 4. The number of carbonyl (C=O) groups is 4. The Kier molecular flexibility index (Phi) is 13.1. The Morgan fingerprint density at radius 2 is 1.34 bits per heavy atom. The molecule has 0 radical (unpaired) electrons. The number of nitrogens with zero attached hydrogens (tertiary/aromatic N) is 5. The number of aromatic amines is 2. The number of carboxylic acid groups (broad SMARTS) is 1. The number of esters is 2. The number of carboxylic acids is 1. The van der Waals surface area contributed by atoms with Crippen molar-refractivity contribution >= 4 is 57.3 Å². The normalized spacial score (nSPS) is 22.2. The average molecular weight is 809 g/mol. The van der Waals surface area contributed by atoms with Crippen molar-refractivity contribution in [3.63, 3.8) is 0 Å². The average Bonchev–Trinajstić information content (AvgIpc) is 4.11. The van der Waals surface area contributed by atoms with Crippen LogP contribution in [0.25, 0.3) is 22.1 Å². The number of nitrogens with one attached hydrogen (secondary N) is 5. The summed E-state index contributed by atoms with van der Waals surface area (Å²) < 4.78 is 10.4. The summed E-state index contributed by atoms with van der Waals surface area (Å²) in [5.74, 6) is -0.960. The number of nitriles is 2. The van der Waals surface area contributed by atoms with Crippen LogP contribution >= 0.6 is 0 Å². The van der Waals surface area contributed by atoms with Gasteiger partial charge in [-0.15, -0.1) is 0 Å². The minimum absolute atomic E-state index is 0.0455. The fraction of sp³-hybridized carbons (Fsp3) is 0.524. The van der Waals surface area contributed by atoms with Gasteiger partial charge in [0.05, 0.1) is 36.7 Å². The van der Waals surface area contributed by atoms with Crippen molar-refractivity contribution in [2.45, 2.75) is 78.3 Å². The molecule has 17 nitrogen and oxygen atoms in total. The Morgan fingerprint density at radius 1 is 0.831 bits per heavy atom. The molecular weight excluding hydrogens is 757 g/mol. The van der Waals surface area contributed by atoms with E-state index in [0.717, 1.165) is 48.0 Å². The van der Waals surface area contributed by atoms with Gasteiger partial charge in [-0.3, -0.25) is 9.59 Å². The summed E-state index contributed by atoms with van der Waals surface area (Å²) in [5.41, 5.74) is 2.00. The first kappa shape index (κ1) is 42.4. The lowest BCUT2D eigenvalue weighted by Gasteiger charge is -2.39. The van der Waals surface area contributed by atoms with E-state index < -0.39 is 22.8 Å². The molecule has 2 aliphatic carbocycles. The molecule has 2 saturated heterocycles. The van der Waals surface area contributed by atoms with Gasteiger partial charge in [-0.05, 0) is 82.9 Å². The number of H-pyrrole nitrogens is 2. The highest BCUT2D eigenvalue weighted by molar-refractivity contribution is 6.05. The summed E-state index contributed by atoms with van der Waals surface area (Å²) in [4.78, 5) is 64.2. The summed E-state index contributed by atoms with van der Waals surface area (Å²) in [6.07, 6.45) is 11.0. The zero-order valence-corrected chi connectivity index (χ0v) is 33.9. The maximum atomic E-state index is 12.8. The fourth-order valence-corrected chi connectivity index (χ4v) is 7.35. The molecule has 8 rings (SSSR count). The van der Waals surface area contributed by atoms with Gasteiger partial charge in [0.25, 0.3) is 0 Å². The van der Waals surface area contributed by atoms with E-state index in [9.17, 15) is 24.4 Å². The topological polar surface area (TPSA) is 251 Å². The SMILES string of the molecule is CCOC(=O)c1cnc2[nH]ccc2c1N[C@H]1CN(C(=O)C2(C#N)CC2)CC[C@H]1C.CCOC(=O)c1cnc2[nH]ccc2c1N[C@H]1CNCC[C@H]1C.N#CC1(C(=O)O)CC1. The molecular formula is C42H52N10O7. The number of amides is 1. The number of hydrogen-bond donors (Lipinski definition) is 6. The molecule has 4 aliphatic rings. The van der Waals surface area contributed by atoms with Gasteiger partial charge in [0, 0.05) is 67.3 Å². The molecule has 0 spiro atoms. The molecule has 1 amide bonds. The number of rotatable bonds is 10. The first-order valence-corrected chi connectivity index (χ1v) is 20.3. The van der Waals surface area contributed by atoms with Gasteiger partial charge >= 0.3 is 17.9 Å². The van der Waals surface area contributed by atoms with Crippen molar-refractivity contribution < 1.29 is 33.8 Å². The standard InChI is InChI=1S/C21H25N5O3.C16H22N4O2.C5H5NO2/c1-3-29-19(27)15-10-24-18-14(4-8-23-18)17(15)25-16-11-26(9-5-13(16)2)20(28)21(12-22)6-7-21;1-3-22-16(21)12-8-19-15-11(5-7-18-15)14(12)20-13-9-17-6-4-10(13)2;6-3-5(1-2-5)4(7)8/h4,8,10,13,16H,3,5-7,9,11H2,1-2H3,(H2,23,24,25);5,7-8,10,13,17H,3-4,6,9H2,1-2H3,(H2,18,19,20);1-2H2,(H,7,8)/t13-,16+;10-,13+;/m11./s1. The number of fused-ring (bicyclic) bond motifs is 2. The molecule has 2 aliphatic heterocycles. The molecule has 6 heterocycles. The van der Waals surface area contributed by atoms with Crippen molar-refractivity contribution in [2.75, 3.05) is 50.0 Å². The van der Waals surface area contributed by atoms with Crippen LogP contribution in [0.5, 0.6) is 0 Å². The van der Waals surface area contributed by atoms with Crippen LogP contribution < -0.4 is 16.0 Å².